The van der Waals surface area contributed by atoms with E-state index in [9.17, 15) is 4.79 Å². The molecule has 3 aromatic carbocycles. The van der Waals surface area contributed by atoms with E-state index >= 15 is 0 Å². The van der Waals surface area contributed by atoms with E-state index in [0.29, 0.717) is 6.42 Å². The van der Waals surface area contributed by atoms with Gasteiger partial charge in [0.15, 0.2) is 0 Å². The third-order valence-corrected chi connectivity index (χ3v) is 12.6. The van der Waals surface area contributed by atoms with E-state index < -0.39 is 5.96 Å². The molecule has 0 amide bonds. The van der Waals surface area contributed by atoms with Gasteiger partial charge in [-0.15, -0.1) is 0 Å². The third kappa shape index (κ3) is 4.02. The summed E-state index contributed by atoms with van der Waals surface area (Å²) in [6, 6.07) is 30.3. The van der Waals surface area contributed by atoms with Crippen molar-refractivity contribution in [1.29, 1.82) is 0 Å². The fourth-order valence-corrected chi connectivity index (χ4v) is 9.84. The molecule has 0 aromatic heterocycles. The van der Waals surface area contributed by atoms with Crippen LogP contribution in [0.4, 0.5) is 0 Å². The molecular weight excluding hydrogens is 395 g/mol. The number of carbonyl (C=O) groups excluding carboxylic acids is 1. The molecule has 0 radical (unpaired) electrons. The van der Waals surface area contributed by atoms with Gasteiger partial charge >= 0.3 is 179 Å². The Hall–Kier alpha value is -2.39. The number of ketones is 1. The molecule has 3 aromatic rings. The first-order valence-corrected chi connectivity index (χ1v) is 13.1. The fraction of sp³-hybridized carbons (Fsp3) is 0.192. The first kappa shape index (κ1) is 21.3. The van der Waals surface area contributed by atoms with Gasteiger partial charge < -0.3 is 0 Å². The Kier molecular flexibility index (Phi) is 6.59. The zero-order valence-corrected chi connectivity index (χ0v) is 18.5. The molecule has 0 N–H and O–H groups in total. The van der Waals surface area contributed by atoms with Crippen molar-refractivity contribution >= 4 is 38.9 Å². The Morgan fingerprint density at radius 1 is 0.828 bits per heavy atom. The van der Waals surface area contributed by atoms with Crippen LogP contribution in [-0.4, -0.2) is 11.9 Å². The summed E-state index contributed by atoms with van der Waals surface area (Å²) in [7, 11) is 0. The number of halogens is 1. The van der Waals surface area contributed by atoms with Crippen molar-refractivity contribution in [3.8, 4) is 11.8 Å². The van der Waals surface area contributed by atoms with E-state index in [1.807, 2.05) is 61.5 Å². The second-order valence-corrected chi connectivity index (χ2v) is 13.8. The molecule has 0 saturated heterocycles. The van der Waals surface area contributed by atoms with Crippen molar-refractivity contribution < 1.29 is 4.79 Å². The Morgan fingerprint density at radius 2 is 1.21 bits per heavy atom. The van der Waals surface area contributed by atoms with Gasteiger partial charge in [0.25, 0.3) is 0 Å². The van der Waals surface area contributed by atoms with E-state index in [4.69, 9.17) is 11.2 Å². The Morgan fingerprint density at radius 3 is 1.55 bits per heavy atom. The molecule has 1 atom stereocenters. The van der Waals surface area contributed by atoms with Gasteiger partial charge in [0.05, 0.1) is 0 Å². The summed E-state index contributed by atoms with van der Waals surface area (Å²) in [6.07, 6.45) is 0.828. The molecule has 0 fully saturated rings. The number of hydrogen-bond donors (Lipinski definition) is 0. The van der Waals surface area contributed by atoms with Crippen molar-refractivity contribution in [2.75, 3.05) is 6.16 Å². The molecule has 1 unspecified atom stereocenters. The van der Waals surface area contributed by atoms with Crippen molar-refractivity contribution in [1.82, 2.24) is 0 Å². The Bertz CT molecular complexity index is 920. The molecule has 0 spiro atoms. The minimum absolute atomic E-state index is 0.150. The summed E-state index contributed by atoms with van der Waals surface area (Å²) in [4.78, 5) is 13.5. The predicted molar refractivity (Wildman–Crippen MR) is 128 cm³/mol. The van der Waals surface area contributed by atoms with Crippen LogP contribution in [0.15, 0.2) is 91.0 Å². The second-order valence-electron chi connectivity index (χ2n) is 7.35. The van der Waals surface area contributed by atoms with Gasteiger partial charge in [-0.05, 0) is 0 Å². The van der Waals surface area contributed by atoms with Crippen molar-refractivity contribution in [2.24, 2.45) is 5.92 Å². The predicted octanol–water partition coefficient (Wildman–Crippen LogP) is 5.29. The third-order valence-electron chi connectivity index (χ3n) is 5.47. The van der Waals surface area contributed by atoms with Gasteiger partial charge in [-0.2, -0.15) is 0 Å². The second kappa shape index (κ2) is 8.96. The van der Waals surface area contributed by atoms with E-state index in [0.717, 1.165) is 15.9 Å². The van der Waals surface area contributed by atoms with Crippen LogP contribution < -0.4 is 15.9 Å². The molecule has 1 nitrogen and oxygen atoms in total. The number of hydrogen-bond acceptors (Lipinski definition) is 1. The van der Waals surface area contributed by atoms with Crippen LogP contribution in [0.2, 0.25) is 0 Å². The Labute approximate surface area is 178 Å². The molecule has 0 aliphatic heterocycles. The molecule has 0 bridgehead atoms. The summed E-state index contributed by atoms with van der Waals surface area (Å²) >= 11 is 7.92. The first-order chi connectivity index (χ1) is 14.0. The van der Waals surface area contributed by atoms with Crippen molar-refractivity contribution in [3.63, 3.8) is 0 Å². The Balaban J connectivity index is 2.29. The molecular formula is C26H26ClOP. The molecule has 3 rings (SSSR count). The van der Waals surface area contributed by atoms with Crippen LogP contribution in [0.1, 0.15) is 20.3 Å². The monoisotopic (exact) mass is 420 g/mol. The molecule has 0 aliphatic carbocycles. The summed E-state index contributed by atoms with van der Waals surface area (Å²) < 4.78 is 0. The SMILES string of the molecule is CC#CCC(C)C(=O)CP(Cl)(c1ccccc1)(c1ccccc1)c1ccccc1. The van der Waals surface area contributed by atoms with Crippen LogP contribution in [0, 0.1) is 17.8 Å². The normalized spacial score (nSPS) is 13.4. The summed E-state index contributed by atoms with van der Waals surface area (Å²) in [5.41, 5.74) is 0. The molecule has 29 heavy (non-hydrogen) atoms. The number of rotatable bonds is 7. The van der Waals surface area contributed by atoms with Gasteiger partial charge in [0.1, 0.15) is 0 Å². The van der Waals surface area contributed by atoms with Crippen molar-refractivity contribution in [2.45, 2.75) is 20.3 Å². The van der Waals surface area contributed by atoms with E-state index in [1.165, 1.54) is 0 Å². The van der Waals surface area contributed by atoms with Crippen LogP contribution >= 0.6 is 17.2 Å². The molecule has 0 heterocycles. The number of carbonyl (C=O) groups is 1. The molecule has 148 valence electrons. The maximum absolute atomic E-state index is 13.5. The van der Waals surface area contributed by atoms with Gasteiger partial charge in [-0.25, -0.2) is 0 Å². The van der Waals surface area contributed by atoms with Crippen LogP contribution in [0.5, 0.6) is 0 Å². The topological polar surface area (TPSA) is 17.1 Å². The zero-order chi connectivity index (χ0) is 20.8. The summed E-state index contributed by atoms with van der Waals surface area (Å²) in [6.45, 7) is 3.75. The van der Waals surface area contributed by atoms with E-state index in [-0.39, 0.29) is 17.9 Å². The maximum atomic E-state index is 13.5. The van der Waals surface area contributed by atoms with E-state index in [1.54, 1.807) is 6.92 Å². The average molecular weight is 421 g/mol. The quantitative estimate of drug-likeness (QED) is 0.375. The van der Waals surface area contributed by atoms with Gasteiger partial charge in [-0.1, -0.05) is 0 Å². The van der Waals surface area contributed by atoms with Gasteiger partial charge in [0, 0.05) is 0 Å². The number of benzene rings is 3. The molecule has 0 aliphatic rings. The minimum atomic E-state index is -3.53. The van der Waals surface area contributed by atoms with Gasteiger partial charge in [-0.3, -0.25) is 0 Å². The summed E-state index contributed by atoms with van der Waals surface area (Å²) in [5.74, 6) is 2.40. The fourth-order valence-electron chi connectivity index (χ4n) is 3.76. The van der Waals surface area contributed by atoms with Crippen LogP contribution in [-0.2, 0) is 4.79 Å². The van der Waals surface area contributed by atoms with Crippen LogP contribution in [0.3, 0.4) is 0 Å². The first-order valence-electron chi connectivity index (χ1n) is 9.82. The van der Waals surface area contributed by atoms with E-state index in [2.05, 4.69) is 48.2 Å². The molecule has 0 saturated carbocycles. The van der Waals surface area contributed by atoms with Crippen LogP contribution in [0.25, 0.3) is 0 Å². The number of Topliss-reactive ketones (excluding diaryl/α,β-unsaturated/α-hetero) is 1. The van der Waals surface area contributed by atoms with Gasteiger partial charge in [0.2, 0.25) is 0 Å². The average Bonchev–Trinajstić information content (AvgIpc) is 2.79. The van der Waals surface area contributed by atoms with Crippen molar-refractivity contribution in [3.05, 3.63) is 91.0 Å². The standard InChI is InChI=1S/C26H26ClOP/c1-3-4-14-22(2)26(28)21-29(27,23-15-8-5-9-16-23,24-17-10-6-11-18-24)25-19-12-7-13-20-25/h5-13,15-20,22H,14,21H2,1-2H3. The summed E-state index contributed by atoms with van der Waals surface area (Å²) in [5, 5.41) is 3.04. The zero-order valence-electron chi connectivity index (χ0n) is 16.9. The molecule has 3 heteroatoms.